The Morgan fingerprint density at radius 1 is 1.35 bits per heavy atom. The number of hydrogen-bond acceptors (Lipinski definition) is 9. The van der Waals surface area contributed by atoms with Crippen LogP contribution in [0.5, 0.6) is 0 Å². The molecule has 0 aromatic rings. The molecular weight excluding hydrogens is 318 g/mol. The summed E-state index contributed by atoms with van der Waals surface area (Å²) in [6.45, 7) is 5.67. The fourth-order valence-electron chi connectivity index (χ4n) is 4.37. The van der Waals surface area contributed by atoms with Gasteiger partial charge in [0.25, 0.3) is 0 Å². The number of nitrogens with zero attached hydrogens (tertiary/aromatic N) is 4. The van der Waals surface area contributed by atoms with E-state index in [0.717, 1.165) is 0 Å². The molecule has 0 spiro atoms. The zero-order valence-electron chi connectivity index (χ0n) is 13.5. The Kier molecular flexibility index (Phi) is 2.73. The van der Waals surface area contributed by atoms with Crippen molar-refractivity contribution in [3.05, 3.63) is 0 Å². The number of nitrogens with two attached hydrogens (primary N) is 1. The molecule has 3 aliphatic heterocycles. The van der Waals surface area contributed by atoms with Gasteiger partial charge in [0.15, 0.2) is 12.1 Å². The van der Waals surface area contributed by atoms with Crippen molar-refractivity contribution in [3.63, 3.8) is 0 Å². The Balaban J connectivity index is 1.75. The molecule has 9 heteroatoms. The van der Waals surface area contributed by atoms with Crippen molar-refractivity contribution < 1.29 is 14.9 Å². The second-order valence-corrected chi connectivity index (χ2v) is 7.95. The minimum Gasteiger partial charge on any atom is -0.384 e. The third-order valence-electron chi connectivity index (χ3n) is 5.97. The molecule has 0 aromatic carbocycles. The van der Waals surface area contributed by atoms with E-state index < -0.39 is 33.8 Å². The number of thioether (sulfide) groups is 1. The van der Waals surface area contributed by atoms with E-state index in [-0.39, 0.29) is 6.67 Å². The van der Waals surface area contributed by atoms with Crippen LogP contribution < -0.4 is 5.73 Å². The van der Waals surface area contributed by atoms with Crippen LogP contribution in [-0.2, 0) is 4.74 Å². The summed E-state index contributed by atoms with van der Waals surface area (Å²) in [7, 11) is 0. The van der Waals surface area contributed by atoms with Gasteiger partial charge < -0.3 is 20.7 Å². The van der Waals surface area contributed by atoms with Crippen molar-refractivity contribution in [1.82, 2.24) is 4.90 Å². The van der Waals surface area contributed by atoms with Gasteiger partial charge in [-0.3, -0.25) is 4.90 Å². The summed E-state index contributed by atoms with van der Waals surface area (Å²) in [5, 5.41) is 22.0. The molecule has 8 nitrogen and oxygen atoms in total. The van der Waals surface area contributed by atoms with Gasteiger partial charge in [-0.15, -0.1) is 11.8 Å². The second kappa shape index (κ2) is 4.08. The zero-order chi connectivity index (χ0) is 16.8. The number of rotatable bonds is 2. The van der Waals surface area contributed by atoms with Gasteiger partial charge in [-0.05, 0) is 13.2 Å². The lowest BCUT2D eigenvalue weighted by atomic mass is 10.0. The predicted octanol–water partition coefficient (Wildman–Crippen LogP) is -0.637. The first kappa shape index (κ1) is 15.4. The summed E-state index contributed by atoms with van der Waals surface area (Å²) in [4.78, 5) is 13.9. The highest BCUT2D eigenvalue weighted by Crippen LogP contribution is 2.73. The van der Waals surface area contributed by atoms with Crippen LogP contribution in [0.3, 0.4) is 0 Å². The first-order valence-electron chi connectivity index (χ1n) is 7.53. The lowest BCUT2D eigenvalue weighted by molar-refractivity contribution is -0.103. The highest BCUT2D eigenvalue weighted by Gasteiger charge is 2.92. The molecule has 2 fully saturated rings. The molecular formula is C14H21N5O3S. The minimum atomic E-state index is -1.40. The van der Waals surface area contributed by atoms with Crippen molar-refractivity contribution in [2.24, 2.45) is 26.1 Å². The van der Waals surface area contributed by atoms with Gasteiger partial charge in [0.2, 0.25) is 4.87 Å². The molecule has 1 saturated carbocycles. The maximum atomic E-state index is 11.2. The van der Waals surface area contributed by atoms with E-state index >= 15 is 0 Å². The number of fused-ring (bicyclic) bond motifs is 2. The van der Waals surface area contributed by atoms with Gasteiger partial charge in [-0.25, -0.2) is 15.0 Å². The number of ether oxygens (including phenoxy) is 1. The lowest BCUT2D eigenvalue weighted by Crippen LogP contribution is -2.56. The third-order valence-corrected chi connectivity index (χ3v) is 7.06. The standard InChI is InChI=1S/C14H21N5O3S/c1-7-13(20)11(2,3)14(13,21)10(22-7)19-6-18-12(23-4)8(15)16-5-17-9(12)19/h6-7,10,20-21H,5H2,1-4H3,(H2,15,16)/t7-,10-,12?,13-,14+/m1/s1. The van der Waals surface area contributed by atoms with Crippen LogP contribution >= 0.6 is 11.8 Å². The molecule has 4 aliphatic rings. The summed E-state index contributed by atoms with van der Waals surface area (Å²) < 4.78 is 5.89. The van der Waals surface area contributed by atoms with E-state index in [2.05, 4.69) is 15.0 Å². The number of amidine groups is 2. The Morgan fingerprint density at radius 3 is 2.61 bits per heavy atom. The van der Waals surface area contributed by atoms with Crippen LogP contribution in [0.1, 0.15) is 20.8 Å². The van der Waals surface area contributed by atoms with Crippen LogP contribution in [0.25, 0.3) is 0 Å². The SMILES string of the molecule is CSC12N=CN([C@@H]3O[C@H](C)[C@@]4(O)C(C)(C)[C@@]34O)C1=NCN=C2N. The molecule has 126 valence electrons. The Hall–Kier alpha value is -1.16. The minimum absolute atomic E-state index is 0.220. The summed E-state index contributed by atoms with van der Waals surface area (Å²) in [6, 6.07) is 0. The Morgan fingerprint density at radius 2 is 2.04 bits per heavy atom. The number of hydrogen-bond donors (Lipinski definition) is 3. The van der Waals surface area contributed by atoms with Crippen LogP contribution in [0.4, 0.5) is 0 Å². The van der Waals surface area contributed by atoms with Crippen LogP contribution in [-0.4, -0.2) is 74.5 Å². The molecule has 1 unspecified atom stereocenters. The highest BCUT2D eigenvalue weighted by molar-refractivity contribution is 8.01. The van der Waals surface area contributed by atoms with Crippen LogP contribution in [0.15, 0.2) is 15.0 Å². The molecule has 0 bridgehead atoms. The van der Waals surface area contributed by atoms with E-state index in [1.54, 1.807) is 18.2 Å². The van der Waals surface area contributed by atoms with Crippen molar-refractivity contribution >= 4 is 29.8 Å². The molecule has 1 saturated heterocycles. The van der Waals surface area contributed by atoms with Gasteiger partial charge in [0, 0.05) is 5.41 Å². The summed E-state index contributed by atoms with van der Waals surface area (Å²) in [6.07, 6.45) is 2.20. The lowest BCUT2D eigenvalue weighted by Gasteiger charge is -2.35. The van der Waals surface area contributed by atoms with Gasteiger partial charge in [-0.2, -0.15) is 0 Å². The fraction of sp³-hybridized carbons (Fsp3) is 0.786. The topological polar surface area (TPSA) is 116 Å². The van der Waals surface area contributed by atoms with E-state index in [4.69, 9.17) is 10.5 Å². The molecule has 5 atom stereocenters. The molecule has 4 rings (SSSR count). The molecule has 0 amide bonds. The van der Waals surface area contributed by atoms with Gasteiger partial charge >= 0.3 is 0 Å². The van der Waals surface area contributed by atoms with Gasteiger partial charge in [0.05, 0.1) is 12.4 Å². The van der Waals surface area contributed by atoms with E-state index in [1.807, 2.05) is 20.1 Å². The average molecular weight is 339 g/mol. The maximum absolute atomic E-state index is 11.2. The smallest absolute Gasteiger partial charge is 0.221 e. The van der Waals surface area contributed by atoms with Gasteiger partial charge in [0.1, 0.15) is 23.7 Å². The fourth-order valence-corrected chi connectivity index (χ4v) is 5.15. The van der Waals surface area contributed by atoms with E-state index in [0.29, 0.717) is 11.7 Å². The van der Waals surface area contributed by atoms with Crippen molar-refractivity contribution in [1.29, 1.82) is 0 Å². The number of aliphatic imine (C=N–C) groups is 3. The first-order chi connectivity index (χ1) is 10.7. The maximum Gasteiger partial charge on any atom is 0.221 e. The van der Waals surface area contributed by atoms with Crippen LogP contribution in [0.2, 0.25) is 0 Å². The van der Waals surface area contributed by atoms with E-state index in [9.17, 15) is 10.2 Å². The first-order valence-corrected chi connectivity index (χ1v) is 8.75. The van der Waals surface area contributed by atoms with Crippen molar-refractivity contribution in [2.75, 3.05) is 12.9 Å². The predicted molar refractivity (Wildman–Crippen MR) is 88.5 cm³/mol. The van der Waals surface area contributed by atoms with E-state index in [1.165, 1.54) is 11.8 Å². The molecule has 0 aromatic heterocycles. The average Bonchev–Trinajstić information content (AvgIpc) is 2.84. The molecule has 3 heterocycles. The Bertz CT molecular complexity index is 679. The van der Waals surface area contributed by atoms with Crippen LogP contribution in [0, 0.1) is 5.41 Å². The zero-order valence-corrected chi connectivity index (χ0v) is 14.3. The second-order valence-electron chi connectivity index (χ2n) is 6.95. The summed E-state index contributed by atoms with van der Waals surface area (Å²) in [5.41, 5.74) is 2.69. The third kappa shape index (κ3) is 1.32. The summed E-state index contributed by atoms with van der Waals surface area (Å²) >= 11 is 1.42. The Labute approximate surface area is 138 Å². The summed E-state index contributed by atoms with van der Waals surface area (Å²) in [5.74, 6) is 0.979. The molecule has 0 radical (unpaired) electrons. The normalized spacial score (nSPS) is 49.6. The van der Waals surface area contributed by atoms with Crippen molar-refractivity contribution in [3.8, 4) is 0 Å². The van der Waals surface area contributed by atoms with Crippen molar-refractivity contribution in [2.45, 2.75) is 49.2 Å². The molecule has 4 N–H and O–H groups in total. The quantitative estimate of drug-likeness (QED) is 0.616. The monoisotopic (exact) mass is 339 g/mol. The number of aliphatic hydroxyl groups is 2. The van der Waals surface area contributed by atoms with Gasteiger partial charge in [-0.1, -0.05) is 13.8 Å². The molecule has 1 aliphatic carbocycles. The highest BCUT2D eigenvalue weighted by atomic mass is 32.2. The molecule has 23 heavy (non-hydrogen) atoms. The largest absolute Gasteiger partial charge is 0.384 e.